The zero-order chi connectivity index (χ0) is 15.1. The van der Waals surface area contributed by atoms with Gasteiger partial charge in [-0.05, 0) is 57.3 Å². The molecular formula is C16H23FN2O2. The van der Waals surface area contributed by atoms with Crippen molar-refractivity contribution >= 4 is 5.91 Å². The smallest absolute Gasteiger partial charge is 0.255 e. The molecule has 0 saturated carbocycles. The molecule has 1 unspecified atom stereocenters. The lowest BCUT2D eigenvalue weighted by Gasteiger charge is -2.22. The second-order valence-corrected chi connectivity index (χ2v) is 5.31. The number of piperidine rings is 1. The maximum Gasteiger partial charge on any atom is 0.255 e. The normalized spacial score (nSPS) is 18.3. The van der Waals surface area contributed by atoms with Gasteiger partial charge in [-0.3, -0.25) is 4.79 Å². The van der Waals surface area contributed by atoms with Crippen molar-refractivity contribution in [3.05, 3.63) is 29.6 Å². The van der Waals surface area contributed by atoms with Gasteiger partial charge in [-0.2, -0.15) is 0 Å². The molecule has 1 aliphatic rings. The minimum Gasteiger partial charge on any atom is -0.490 e. The van der Waals surface area contributed by atoms with Crippen LogP contribution in [-0.2, 0) is 0 Å². The Morgan fingerprint density at radius 2 is 2.38 bits per heavy atom. The van der Waals surface area contributed by atoms with Crippen molar-refractivity contribution in [3.63, 3.8) is 0 Å². The molecule has 4 nitrogen and oxygen atoms in total. The lowest BCUT2D eigenvalue weighted by Crippen LogP contribution is -2.33. The van der Waals surface area contributed by atoms with Gasteiger partial charge in [0, 0.05) is 6.54 Å². The first-order valence-electron chi connectivity index (χ1n) is 7.62. The molecule has 21 heavy (non-hydrogen) atoms. The lowest BCUT2D eigenvalue weighted by atomic mass is 9.96. The fourth-order valence-corrected chi connectivity index (χ4v) is 2.63. The molecule has 1 aromatic rings. The minimum atomic E-state index is -0.499. The van der Waals surface area contributed by atoms with E-state index in [1.807, 2.05) is 0 Å². The Morgan fingerprint density at radius 1 is 1.52 bits per heavy atom. The topological polar surface area (TPSA) is 50.4 Å². The molecule has 1 saturated heterocycles. The Labute approximate surface area is 125 Å². The number of ether oxygens (including phenoxy) is 1. The molecule has 0 radical (unpaired) electrons. The summed E-state index contributed by atoms with van der Waals surface area (Å²) < 4.78 is 18.9. The first-order chi connectivity index (χ1) is 10.2. The van der Waals surface area contributed by atoms with Gasteiger partial charge in [0.15, 0.2) is 11.6 Å². The van der Waals surface area contributed by atoms with Gasteiger partial charge < -0.3 is 15.4 Å². The number of para-hydroxylation sites is 1. The van der Waals surface area contributed by atoms with Crippen LogP contribution in [0.25, 0.3) is 0 Å². The second kappa shape index (κ2) is 7.98. The first-order valence-corrected chi connectivity index (χ1v) is 7.62. The number of benzene rings is 1. The van der Waals surface area contributed by atoms with Crippen LogP contribution in [0.1, 0.15) is 36.5 Å². The Balaban J connectivity index is 1.89. The average molecular weight is 294 g/mol. The van der Waals surface area contributed by atoms with E-state index < -0.39 is 5.82 Å². The van der Waals surface area contributed by atoms with Gasteiger partial charge in [0.05, 0.1) is 12.2 Å². The molecular weight excluding hydrogens is 271 g/mol. The number of hydrogen-bond donors (Lipinski definition) is 2. The van der Waals surface area contributed by atoms with Crippen LogP contribution in [0.15, 0.2) is 18.2 Å². The van der Waals surface area contributed by atoms with Crippen LogP contribution in [0.4, 0.5) is 4.39 Å². The van der Waals surface area contributed by atoms with Crippen LogP contribution in [0.2, 0.25) is 0 Å². The van der Waals surface area contributed by atoms with E-state index in [1.54, 1.807) is 13.0 Å². The SMILES string of the molecule is CCOc1c(F)cccc1C(=O)NCCC1CCCNC1. The highest BCUT2D eigenvalue weighted by Crippen LogP contribution is 2.22. The summed E-state index contributed by atoms with van der Waals surface area (Å²) in [5.41, 5.74) is 0.263. The van der Waals surface area contributed by atoms with Gasteiger partial charge in [0.1, 0.15) is 0 Å². The maximum atomic E-state index is 13.7. The molecule has 0 aliphatic carbocycles. The van der Waals surface area contributed by atoms with Gasteiger partial charge in [0.25, 0.3) is 5.91 Å². The van der Waals surface area contributed by atoms with Crippen molar-refractivity contribution in [2.45, 2.75) is 26.2 Å². The monoisotopic (exact) mass is 294 g/mol. The number of carbonyl (C=O) groups is 1. The molecule has 116 valence electrons. The number of hydrogen-bond acceptors (Lipinski definition) is 3. The van der Waals surface area contributed by atoms with E-state index >= 15 is 0 Å². The predicted octanol–water partition coefficient (Wildman–Crippen LogP) is 2.34. The van der Waals surface area contributed by atoms with E-state index in [0.717, 1.165) is 19.5 Å². The molecule has 1 aromatic carbocycles. The minimum absolute atomic E-state index is 0.0387. The average Bonchev–Trinajstić information content (AvgIpc) is 2.50. The summed E-state index contributed by atoms with van der Waals surface area (Å²) in [6, 6.07) is 4.42. The highest BCUT2D eigenvalue weighted by molar-refractivity contribution is 5.96. The van der Waals surface area contributed by atoms with Crippen LogP contribution < -0.4 is 15.4 Å². The van der Waals surface area contributed by atoms with Crippen LogP contribution in [0, 0.1) is 11.7 Å². The van der Waals surface area contributed by atoms with Gasteiger partial charge in [-0.15, -0.1) is 0 Å². The number of carbonyl (C=O) groups excluding carboxylic acids is 1. The first kappa shape index (κ1) is 15.8. The Kier molecular flexibility index (Phi) is 5.99. The Hall–Kier alpha value is -1.62. The number of nitrogens with one attached hydrogen (secondary N) is 2. The Morgan fingerprint density at radius 3 is 3.10 bits per heavy atom. The highest BCUT2D eigenvalue weighted by atomic mass is 19.1. The van der Waals surface area contributed by atoms with E-state index in [-0.39, 0.29) is 17.2 Å². The molecule has 1 aliphatic heterocycles. The van der Waals surface area contributed by atoms with E-state index in [2.05, 4.69) is 10.6 Å². The summed E-state index contributed by atoms with van der Waals surface area (Å²) in [4.78, 5) is 12.2. The predicted molar refractivity (Wildman–Crippen MR) is 80.1 cm³/mol. The van der Waals surface area contributed by atoms with Gasteiger partial charge in [-0.1, -0.05) is 6.07 Å². The molecule has 1 amide bonds. The highest BCUT2D eigenvalue weighted by Gasteiger charge is 2.17. The zero-order valence-corrected chi connectivity index (χ0v) is 12.5. The van der Waals surface area contributed by atoms with Gasteiger partial charge in [0.2, 0.25) is 0 Å². The van der Waals surface area contributed by atoms with Gasteiger partial charge in [-0.25, -0.2) is 4.39 Å². The van der Waals surface area contributed by atoms with Crippen molar-refractivity contribution in [3.8, 4) is 5.75 Å². The fourth-order valence-electron chi connectivity index (χ4n) is 2.63. The summed E-state index contributed by atoms with van der Waals surface area (Å²) in [6.45, 7) is 4.80. The largest absolute Gasteiger partial charge is 0.490 e. The molecule has 1 fully saturated rings. The quantitative estimate of drug-likeness (QED) is 0.846. The van der Waals surface area contributed by atoms with E-state index in [1.165, 1.54) is 25.0 Å². The molecule has 0 aromatic heterocycles. The number of halogens is 1. The lowest BCUT2D eigenvalue weighted by molar-refractivity contribution is 0.0946. The van der Waals surface area contributed by atoms with E-state index in [9.17, 15) is 9.18 Å². The maximum absolute atomic E-state index is 13.7. The molecule has 0 spiro atoms. The number of rotatable bonds is 6. The fraction of sp³-hybridized carbons (Fsp3) is 0.562. The van der Waals surface area contributed by atoms with Crippen molar-refractivity contribution in [2.75, 3.05) is 26.2 Å². The molecule has 1 atom stereocenters. The summed E-state index contributed by atoms with van der Waals surface area (Å²) in [6.07, 6.45) is 3.34. The summed E-state index contributed by atoms with van der Waals surface area (Å²) >= 11 is 0. The van der Waals surface area contributed by atoms with Crippen molar-refractivity contribution < 1.29 is 13.9 Å². The summed E-state index contributed by atoms with van der Waals surface area (Å²) in [5.74, 6) is -0.127. The van der Waals surface area contributed by atoms with E-state index in [4.69, 9.17) is 4.74 Å². The molecule has 1 heterocycles. The van der Waals surface area contributed by atoms with Crippen molar-refractivity contribution in [1.29, 1.82) is 0 Å². The second-order valence-electron chi connectivity index (χ2n) is 5.31. The third-order valence-electron chi connectivity index (χ3n) is 3.74. The summed E-state index contributed by atoms with van der Waals surface area (Å²) in [5, 5.41) is 6.21. The van der Waals surface area contributed by atoms with E-state index in [0.29, 0.717) is 19.1 Å². The van der Waals surface area contributed by atoms with Gasteiger partial charge >= 0.3 is 0 Å². The van der Waals surface area contributed by atoms with Crippen molar-refractivity contribution in [1.82, 2.24) is 10.6 Å². The molecule has 2 rings (SSSR count). The van der Waals surface area contributed by atoms with Crippen molar-refractivity contribution in [2.24, 2.45) is 5.92 Å². The zero-order valence-electron chi connectivity index (χ0n) is 12.5. The van der Waals surface area contributed by atoms with Crippen LogP contribution in [0.5, 0.6) is 5.75 Å². The third kappa shape index (κ3) is 4.43. The number of amides is 1. The Bertz CT molecular complexity index is 473. The standard InChI is InChI=1S/C16H23FN2O2/c1-2-21-15-13(6-3-7-14(15)17)16(20)19-10-8-12-5-4-9-18-11-12/h3,6-7,12,18H,2,4-5,8-11H2,1H3,(H,19,20). The molecule has 0 bridgehead atoms. The van der Waals surface area contributed by atoms with Crippen LogP contribution >= 0.6 is 0 Å². The van der Waals surface area contributed by atoms with Crippen LogP contribution in [0.3, 0.4) is 0 Å². The summed E-state index contributed by atoms with van der Waals surface area (Å²) in [7, 11) is 0. The third-order valence-corrected chi connectivity index (χ3v) is 3.74. The van der Waals surface area contributed by atoms with Crippen LogP contribution in [-0.4, -0.2) is 32.1 Å². The molecule has 2 N–H and O–H groups in total. The molecule has 5 heteroatoms.